The maximum atomic E-state index is 12.2. The van der Waals surface area contributed by atoms with Gasteiger partial charge in [-0.2, -0.15) is 0 Å². The number of carbonyl (C=O) groups is 1. The smallest absolute Gasteiger partial charge is 0.415 e. The molecule has 1 atom stereocenters. The largest absolute Gasteiger partial charge is 0.449 e. The van der Waals surface area contributed by atoms with E-state index in [4.69, 9.17) is 9.84 Å². The molecule has 2 heterocycles. The Morgan fingerprint density at radius 2 is 2.40 bits per heavy atom. The van der Waals surface area contributed by atoms with E-state index in [-0.39, 0.29) is 18.7 Å². The summed E-state index contributed by atoms with van der Waals surface area (Å²) in [7, 11) is 0. The van der Waals surface area contributed by atoms with Crippen molar-refractivity contribution in [2.45, 2.75) is 45.1 Å². The molecule has 0 bridgehead atoms. The predicted molar refractivity (Wildman–Crippen MR) is 76.8 cm³/mol. The third kappa shape index (κ3) is 3.28. The Balaban J connectivity index is 2.18. The minimum atomic E-state index is -0.318. The number of hydrogen-bond acceptors (Lipinski definition) is 4. The van der Waals surface area contributed by atoms with E-state index in [1.54, 1.807) is 11.1 Å². The molecule has 5 heteroatoms. The number of anilines is 1. The van der Waals surface area contributed by atoms with Gasteiger partial charge in [-0.3, -0.25) is 4.90 Å². The lowest BCUT2D eigenvalue weighted by Gasteiger charge is -2.35. The first kappa shape index (κ1) is 14.8. The highest BCUT2D eigenvalue weighted by Crippen LogP contribution is 2.31. The molecule has 1 N–H and O–H groups in total. The Hall–Kier alpha value is -1.62. The lowest BCUT2D eigenvalue weighted by molar-refractivity contribution is 0.155. The van der Waals surface area contributed by atoms with Gasteiger partial charge in [-0.05, 0) is 50.7 Å². The standard InChI is InChI=1S/C15H22N2O3/c1-2-20-15(19)17-13(7-3-4-11-18)9-8-12-6-5-10-16-14(12)17/h5-6,10,13,18H,2-4,7-9,11H2,1H3. The van der Waals surface area contributed by atoms with Crippen molar-refractivity contribution in [1.29, 1.82) is 0 Å². The second-order valence-electron chi connectivity index (χ2n) is 4.97. The quantitative estimate of drug-likeness (QED) is 0.841. The zero-order valence-electron chi connectivity index (χ0n) is 11.9. The van der Waals surface area contributed by atoms with Gasteiger partial charge in [-0.25, -0.2) is 9.78 Å². The van der Waals surface area contributed by atoms with Crippen molar-refractivity contribution < 1.29 is 14.6 Å². The normalized spacial score (nSPS) is 17.7. The van der Waals surface area contributed by atoms with Crippen LogP contribution in [0.5, 0.6) is 0 Å². The Bertz CT molecular complexity index is 450. The van der Waals surface area contributed by atoms with E-state index in [1.807, 2.05) is 19.1 Å². The lowest BCUT2D eigenvalue weighted by atomic mass is 9.95. The molecular weight excluding hydrogens is 256 g/mol. The number of aliphatic hydroxyl groups excluding tert-OH is 1. The molecular formula is C15H22N2O3. The number of rotatable bonds is 5. The van der Waals surface area contributed by atoms with Crippen LogP contribution in [0.2, 0.25) is 0 Å². The summed E-state index contributed by atoms with van der Waals surface area (Å²) in [5, 5.41) is 8.90. The van der Waals surface area contributed by atoms with Gasteiger partial charge in [0.05, 0.1) is 6.61 Å². The maximum absolute atomic E-state index is 12.2. The molecule has 0 aliphatic carbocycles. The molecule has 0 saturated carbocycles. The SMILES string of the molecule is CCOC(=O)N1c2ncccc2CCC1CCCCO. The third-order valence-electron chi connectivity index (χ3n) is 3.62. The van der Waals surface area contributed by atoms with Gasteiger partial charge in [0.15, 0.2) is 0 Å². The molecule has 2 rings (SSSR count). The van der Waals surface area contributed by atoms with Crippen molar-refractivity contribution in [3.63, 3.8) is 0 Å². The predicted octanol–water partition coefficient (Wildman–Crippen LogP) is 2.52. The molecule has 1 aromatic heterocycles. The average molecular weight is 278 g/mol. The molecule has 0 saturated heterocycles. The van der Waals surface area contributed by atoms with Gasteiger partial charge in [-0.1, -0.05) is 6.07 Å². The number of hydrogen-bond donors (Lipinski definition) is 1. The van der Waals surface area contributed by atoms with Crippen LogP contribution in [0, 0.1) is 0 Å². The Kier molecular flexibility index (Phi) is 5.35. The highest BCUT2D eigenvalue weighted by Gasteiger charge is 2.32. The maximum Gasteiger partial charge on any atom is 0.415 e. The van der Waals surface area contributed by atoms with Crippen molar-refractivity contribution >= 4 is 11.9 Å². The number of ether oxygens (including phenoxy) is 1. The number of fused-ring (bicyclic) bond motifs is 1. The van der Waals surface area contributed by atoms with Gasteiger partial charge in [0, 0.05) is 18.8 Å². The zero-order valence-corrected chi connectivity index (χ0v) is 11.9. The fourth-order valence-corrected chi connectivity index (χ4v) is 2.66. The first-order valence-electron chi connectivity index (χ1n) is 7.28. The fraction of sp³-hybridized carbons (Fsp3) is 0.600. The second kappa shape index (κ2) is 7.24. The summed E-state index contributed by atoms with van der Waals surface area (Å²) in [6.45, 7) is 2.36. The van der Waals surface area contributed by atoms with E-state index in [0.717, 1.165) is 43.5 Å². The summed E-state index contributed by atoms with van der Waals surface area (Å²) < 4.78 is 5.17. The van der Waals surface area contributed by atoms with Crippen LogP contribution in [-0.4, -0.2) is 35.4 Å². The molecule has 0 spiro atoms. The summed E-state index contributed by atoms with van der Waals surface area (Å²) >= 11 is 0. The van der Waals surface area contributed by atoms with Crippen LogP contribution in [0.4, 0.5) is 10.6 Å². The van der Waals surface area contributed by atoms with E-state index in [9.17, 15) is 4.79 Å². The van der Waals surface area contributed by atoms with Crippen LogP contribution >= 0.6 is 0 Å². The summed E-state index contributed by atoms with van der Waals surface area (Å²) in [5.74, 6) is 0.728. The van der Waals surface area contributed by atoms with Crippen molar-refractivity contribution in [1.82, 2.24) is 4.98 Å². The van der Waals surface area contributed by atoms with Gasteiger partial charge in [0.25, 0.3) is 0 Å². The van der Waals surface area contributed by atoms with Gasteiger partial charge in [-0.15, -0.1) is 0 Å². The van der Waals surface area contributed by atoms with Gasteiger partial charge in [0.1, 0.15) is 5.82 Å². The highest BCUT2D eigenvalue weighted by atomic mass is 16.6. The molecule has 110 valence electrons. The van der Waals surface area contributed by atoms with Crippen LogP contribution < -0.4 is 4.90 Å². The number of unbranched alkanes of at least 4 members (excludes halogenated alkanes) is 1. The number of pyridine rings is 1. The van der Waals surface area contributed by atoms with Gasteiger partial charge >= 0.3 is 6.09 Å². The number of aliphatic hydroxyl groups is 1. The Morgan fingerprint density at radius 1 is 1.55 bits per heavy atom. The van der Waals surface area contributed by atoms with Crippen LogP contribution in [-0.2, 0) is 11.2 Å². The first-order valence-corrected chi connectivity index (χ1v) is 7.28. The van der Waals surface area contributed by atoms with E-state index < -0.39 is 0 Å². The molecule has 0 aromatic carbocycles. The molecule has 20 heavy (non-hydrogen) atoms. The minimum Gasteiger partial charge on any atom is -0.449 e. The fourth-order valence-electron chi connectivity index (χ4n) is 2.66. The number of aryl methyl sites for hydroxylation is 1. The van der Waals surface area contributed by atoms with Gasteiger partial charge < -0.3 is 9.84 Å². The van der Waals surface area contributed by atoms with Crippen molar-refractivity contribution in [2.75, 3.05) is 18.1 Å². The summed E-state index contributed by atoms with van der Waals surface area (Å²) in [4.78, 5) is 18.3. The summed E-state index contributed by atoms with van der Waals surface area (Å²) in [6, 6.07) is 4.02. The number of aromatic nitrogens is 1. The van der Waals surface area contributed by atoms with E-state index in [1.165, 1.54) is 0 Å². The molecule has 1 unspecified atom stereocenters. The average Bonchev–Trinajstić information content (AvgIpc) is 2.47. The molecule has 1 aliphatic heterocycles. The first-order chi connectivity index (χ1) is 9.77. The highest BCUT2D eigenvalue weighted by molar-refractivity contribution is 5.88. The molecule has 1 amide bonds. The van der Waals surface area contributed by atoms with Crippen molar-refractivity contribution in [3.05, 3.63) is 23.9 Å². The summed E-state index contributed by atoms with van der Waals surface area (Å²) in [5.41, 5.74) is 1.10. The number of nitrogens with zero attached hydrogens (tertiary/aromatic N) is 2. The number of carbonyl (C=O) groups excluding carboxylic acids is 1. The van der Waals surface area contributed by atoms with E-state index in [0.29, 0.717) is 6.61 Å². The van der Waals surface area contributed by atoms with Crippen LogP contribution in [0.1, 0.15) is 38.2 Å². The van der Waals surface area contributed by atoms with E-state index >= 15 is 0 Å². The molecule has 0 fully saturated rings. The minimum absolute atomic E-state index is 0.114. The van der Waals surface area contributed by atoms with E-state index in [2.05, 4.69) is 4.98 Å². The second-order valence-corrected chi connectivity index (χ2v) is 4.97. The lowest BCUT2D eigenvalue weighted by Crippen LogP contribution is -2.44. The molecule has 1 aromatic rings. The molecule has 1 aliphatic rings. The topological polar surface area (TPSA) is 62.7 Å². The third-order valence-corrected chi connectivity index (χ3v) is 3.62. The monoisotopic (exact) mass is 278 g/mol. The molecule has 0 radical (unpaired) electrons. The van der Waals surface area contributed by atoms with Gasteiger partial charge in [0.2, 0.25) is 0 Å². The summed E-state index contributed by atoms with van der Waals surface area (Å²) in [6.07, 6.45) is 5.78. The Labute approximate surface area is 119 Å². The molecule has 5 nitrogen and oxygen atoms in total. The van der Waals surface area contributed by atoms with Crippen molar-refractivity contribution in [3.8, 4) is 0 Å². The van der Waals surface area contributed by atoms with Crippen molar-refractivity contribution in [2.24, 2.45) is 0 Å². The number of amides is 1. The van der Waals surface area contributed by atoms with Crippen LogP contribution in [0.3, 0.4) is 0 Å². The Morgan fingerprint density at radius 3 is 3.15 bits per heavy atom. The van der Waals surface area contributed by atoms with Crippen LogP contribution in [0.25, 0.3) is 0 Å². The van der Waals surface area contributed by atoms with Crippen LogP contribution in [0.15, 0.2) is 18.3 Å². The zero-order chi connectivity index (χ0) is 14.4.